The smallest absolute Gasteiger partial charge is 0.328 e. The first kappa shape index (κ1) is 16.9. The standard InChI is InChI=1S/C18H17FN2O4/c1-24-18(23)15-10-12(25-16-8-3-2-6-13(16)19)11-21(15)17(22)14-7-4-5-9-20-14/h2-9,12,15H,10-11H2,1H3/t12-,15-/m0/s1. The number of hydrogen-bond acceptors (Lipinski definition) is 5. The number of rotatable bonds is 4. The Labute approximate surface area is 144 Å². The number of pyridine rings is 1. The SMILES string of the molecule is COC(=O)[C@@H]1C[C@H](Oc2ccccc2F)CN1C(=O)c1ccccn1. The summed E-state index contributed by atoms with van der Waals surface area (Å²) in [5, 5.41) is 0. The Hall–Kier alpha value is -2.96. The number of esters is 1. The number of likely N-dealkylation sites (tertiary alicyclic amines) is 1. The monoisotopic (exact) mass is 344 g/mol. The first-order valence-corrected chi connectivity index (χ1v) is 7.81. The van der Waals surface area contributed by atoms with E-state index in [-0.39, 0.29) is 24.4 Å². The number of carbonyl (C=O) groups is 2. The van der Waals surface area contributed by atoms with Gasteiger partial charge in [-0.2, -0.15) is 0 Å². The van der Waals surface area contributed by atoms with Crippen LogP contribution in [-0.2, 0) is 9.53 Å². The maximum Gasteiger partial charge on any atom is 0.328 e. The van der Waals surface area contributed by atoms with Gasteiger partial charge in [0, 0.05) is 12.6 Å². The molecule has 0 aliphatic carbocycles. The lowest BCUT2D eigenvalue weighted by Gasteiger charge is -2.21. The van der Waals surface area contributed by atoms with Gasteiger partial charge in [-0.3, -0.25) is 9.78 Å². The van der Waals surface area contributed by atoms with Gasteiger partial charge in [0.1, 0.15) is 17.8 Å². The van der Waals surface area contributed by atoms with Crippen LogP contribution in [0.2, 0.25) is 0 Å². The van der Waals surface area contributed by atoms with Crippen LogP contribution in [0.4, 0.5) is 4.39 Å². The van der Waals surface area contributed by atoms with Crippen LogP contribution < -0.4 is 4.74 Å². The normalized spacial score (nSPS) is 19.5. The highest BCUT2D eigenvalue weighted by Crippen LogP contribution is 2.26. The van der Waals surface area contributed by atoms with Crippen LogP contribution in [0.25, 0.3) is 0 Å². The predicted octanol–water partition coefficient (Wildman–Crippen LogP) is 2.06. The molecule has 1 aromatic carbocycles. The zero-order chi connectivity index (χ0) is 17.8. The summed E-state index contributed by atoms with van der Waals surface area (Å²) in [6, 6.07) is 10.2. The highest BCUT2D eigenvalue weighted by molar-refractivity contribution is 5.95. The van der Waals surface area contributed by atoms with Gasteiger partial charge < -0.3 is 14.4 Å². The van der Waals surface area contributed by atoms with E-state index in [0.29, 0.717) is 0 Å². The average molecular weight is 344 g/mol. The molecule has 25 heavy (non-hydrogen) atoms. The topological polar surface area (TPSA) is 68.7 Å². The molecule has 6 nitrogen and oxygen atoms in total. The van der Waals surface area contributed by atoms with Crippen molar-refractivity contribution in [2.75, 3.05) is 13.7 Å². The average Bonchev–Trinajstić information content (AvgIpc) is 3.07. The summed E-state index contributed by atoms with van der Waals surface area (Å²) < 4.78 is 24.2. The summed E-state index contributed by atoms with van der Waals surface area (Å²) in [5.74, 6) is -1.34. The van der Waals surface area contributed by atoms with Crippen LogP contribution >= 0.6 is 0 Å². The quantitative estimate of drug-likeness (QED) is 0.794. The third-order valence-corrected chi connectivity index (χ3v) is 4.01. The molecule has 2 heterocycles. The molecule has 2 atom stereocenters. The van der Waals surface area contributed by atoms with Gasteiger partial charge in [0.15, 0.2) is 11.6 Å². The minimum Gasteiger partial charge on any atom is -0.485 e. The van der Waals surface area contributed by atoms with E-state index in [1.165, 1.54) is 30.3 Å². The van der Waals surface area contributed by atoms with Gasteiger partial charge in [-0.05, 0) is 24.3 Å². The first-order valence-electron chi connectivity index (χ1n) is 7.81. The van der Waals surface area contributed by atoms with Crippen molar-refractivity contribution in [2.24, 2.45) is 0 Å². The molecular formula is C18H17FN2O4. The van der Waals surface area contributed by atoms with E-state index >= 15 is 0 Å². The molecule has 3 rings (SSSR count). The second-order valence-electron chi connectivity index (χ2n) is 5.62. The lowest BCUT2D eigenvalue weighted by atomic mass is 10.2. The minimum absolute atomic E-state index is 0.0863. The molecule has 1 aliphatic rings. The van der Waals surface area contributed by atoms with Gasteiger partial charge in [-0.25, -0.2) is 9.18 Å². The van der Waals surface area contributed by atoms with Crippen molar-refractivity contribution in [3.8, 4) is 5.75 Å². The Morgan fingerprint density at radius 2 is 1.96 bits per heavy atom. The molecule has 1 aromatic heterocycles. The molecule has 7 heteroatoms. The number of nitrogens with zero attached hydrogens (tertiary/aromatic N) is 2. The molecule has 130 valence electrons. The lowest BCUT2D eigenvalue weighted by Crippen LogP contribution is -2.41. The number of hydrogen-bond donors (Lipinski definition) is 0. The summed E-state index contributed by atoms with van der Waals surface area (Å²) in [6.07, 6.45) is 1.21. The number of para-hydroxylation sites is 1. The maximum atomic E-state index is 13.8. The Morgan fingerprint density at radius 1 is 1.20 bits per heavy atom. The zero-order valence-electron chi connectivity index (χ0n) is 13.6. The fourth-order valence-electron chi connectivity index (χ4n) is 2.82. The van der Waals surface area contributed by atoms with E-state index in [2.05, 4.69) is 4.98 Å². The van der Waals surface area contributed by atoms with Gasteiger partial charge in [-0.1, -0.05) is 18.2 Å². The van der Waals surface area contributed by atoms with Crippen LogP contribution in [0.15, 0.2) is 48.7 Å². The Morgan fingerprint density at radius 3 is 2.64 bits per heavy atom. The second kappa shape index (κ2) is 7.29. The molecule has 1 aliphatic heterocycles. The third kappa shape index (κ3) is 3.60. The van der Waals surface area contributed by atoms with Crippen molar-refractivity contribution in [3.05, 3.63) is 60.2 Å². The zero-order valence-corrected chi connectivity index (χ0v) is 13.6. The fraction of sp³-hybridized carbons (Fsp3) is 0.278. The van der Waals surface area contributed by atoms with E-state index in [4.69, 9.17) is 9.47 Å². The number of ether oxygens (including phenoxy) is 2. The van der Waals surface area contributed by atoms with Crippen molar-refractivity contribution >= 4 is 11.9 Å². The van der Waals surface area contributed by atoms with Gasteiger partial charge in [0.25, 0.3) is 5.91 Å². The molecule has 0 spiro atoms. The van der Waals surface area contributed by atoms with Crippen LogP contribution in [0.3, 0.4) is 0 Å². The predicted molar refractivity (Wildman–Crippen MR) is 86.5 cm³/mol. The van der Waals surface area contributed by atoms with Crippen LogP contribution in [-0.4, -0.2) is 47.6 Å². The molecule has 0 unspecified atom stereocenters. The molecule has 0 N–H and O–H groups in total. The highest BCUT2D eigenvalue weighted by Gasteiger charge is 2.42. The first-order chi connectivity index (χ1) is 12.1. The molecule has 1 fully saturated rings. The largest absolute Gasteiger partial charge is 0.485 e. The van der Waals surface area contributed by atoms with E-state index in [1.807, 2.05) is 0 Å². The van der Waals surface area contributed by atoms with Crippen LogP contribution in [0, 0.1) is 5.82 Å². The Bertz CT molecular complexity index is 769. The maximum absolute atomic E-state index is 13.8. The van der Waals surface area contributed by atoms with Gasteiger partial charge in [-0.15, -0.1) is 0 Å². The summed E-state index contributed by atoms with van der Waals surface area (Å²) in [4.78, 5) is 30.1. The number of methoxy groups -OCH3 is 1. The van der Waals surface area contributed by atoms with E-state index < -0.39 is 29.8 Å². The van der Waals surface area contributed by atoms with Crippen LogP contribution in [0.1, 0.15) is 16.9 Å². The number of amides is 1. The molecule has 0 saturated carbocycles. The highest BCUT2D eigenvalue weighted by atomic mass is 19.1. The lowest BCUT2D eigenvalue weighted by molar-refractivity contribution is -0.145. The molecule has 0 radical (unpaired) electrons. The molecule has 2 aromatic rings. The van der Waals surface area contributed by atoms with Crippen LogP contribution in [0.5, 0.6) is 5.75 Å². The number of halogens is 1. The summed E-state index contributed by atoms with van der Waals surface area (Å²) in [5.41, 5.74) is 0.225. The third-order valence-electron chi connectivity index (χ3n) is 4.01. The Kier molecular flexibility index (Phi) is 4.92. The molecular weight excluding hydrogens is 327 g/mol. The summed E-state index contributed by atoms with van der Waals surface area (Å²) >= 11 is 0. The van der Waals surface area contributed by atoms with E-state index in [1.54, 1.807) is 30.3 Å². The van der Waals surface area contributed by atoms with Crippen molar-refractivity contribution in [3.63, 3.8) is 0 Å². The number of aromatic nitrogens is 1. The molecule has 1 saturated heterocycles. The summed E-state index contributed by atoms with van der Waals surface area (Å²) in [6.45, 7) is 0.142. The van der Waals surface area contributed by atoms with Crippen molar-refractivity contribution < 1.29 is 23.5 Å². The number of benzene rings is 1. The second-order valence-corrected chi connectivity index (χ2v) is 5.62. The molecule has 0 bridgehead atoms. The van der Waals surface area contributed by atoms with Gasteiger partial charge in [0.2, 0.25) is 0 Å². The van der Waals surface area contributed by atoms with Gasteiger partial charge >= 0.3 is 5.97 Å². The Balaban J connectivity index is 1.80. The fourth-order valence-corrected chi connectivity index (χ4v) is 2.82. The van der Waals surface area contributed by atoms with Crippen molar-refractivity contribution in [1.82, 2.24) is 9.88 Å². The summed E-state index contributed by atoms with van der Waals surface area (Å²) in [7, 11) is 1.26. The van der Waals surface area contributed by atoms with Gasteiger partial charge in [0.05, 0.1) is 13.7 Å². The minimum atomic E-state index is -0.795. The van der Waals surface area contributed by atoms with E-state index in [0.717, 1.165) is 0 Å². The number of carbonyl (C=O) groups excluding carboxylic acids is 2. The van der Waals surface area contributed by atoms with E-state index in [9.17, 15) is 14.0 Å². The van der Waals surface area contributed by atoms with Crippen molar-refractivity contribution in [2.45, 2.75) is 18.6 Å². The molecule has 1 amide bonds. The van der Waals surface area contributed by atoms with Crippen molar-refractivity contribution in [1.29, 1.82) is 0 Å².